The predicted octanol–water partition coefficient (Wildman–Crippen LogP) is 2.94. The molecule has 23 heavy (non-hydrogen) atoms. The smallest absolute Gasteiger partial charge is 0.246 e. The molecule has 3 rings (SSSR count). The van der Waals surface area contributed by atoms with Crippen molar-refractivity contribution in [3.05, 3.63) is 53.4 Å². The molecule has 0 radical (unpaired) electrons. The van der Waals surface area contributed by atoms with Gasteiger partial charge in [-0.15, -0.1) is 0 Å². The average Bonchev–Trinajstić information content (AvgIpc) is 3.01. The third-order valence-corrected chi connectivity index (χ3v) is 3.91. The molecule has 1 saturated heterocycles. The van der Waals surface area contributed by atoms with Gasteiger partial charge in [0.2, 0.25) is 11.8 Å². The standard InChI is InChI=1S/C17H18FN3O2/c1-12-19-17(23-20-12)14-3-2-10-21(11-14)16(22)9-6-13-4-7-15(18)8-5-13/h4-9,14H,2-3,10-11H2,1H3/b9-6+. The van der Waals surface area contributed by atoms with E-state index in [4.69, 9.17) is 4.52 Å². The minimum absolute atomic E-state index is 0.0599. The molecule has 1 amide bonds. The number of carbonyl (C=O) groups excluding carboxylic acids is 1. The number of amides is 1. The Kier molecular flexibility index (Phi) is 4.50. The Hall–Kier alpha value is -2.50. The van der Waals surface area contributed by atoms with Gasteiger partial charge in [-0.1, -0.05) is 17.3 Å². The number of nitrogens with zero attached hydrogens (tertiary/aromatic N) is 3. The van der Waals surface area contributed by atoms with Crippen LogP contribution in [0.1, 0.15) is 36.0 Å². The van der Waals surface area contributed by atoms with Crippen LogP contribution in [0.15, 0.2) is 34.9 Å². The molecule has 1 unspecified atom stereocenters. The van der Waals surface area contributed by atoms with Gasteiger partial charge >= 0.3 is 0 Å². The number of hydrogen-bond donors (Lipinski definition) is 0. The Labute approximate surface area is 133 Å². The topological polar surface area (TPSA) is 59.2 Å². The third-order valence-electron chi connectivity index (χ3n) is 3.91. The van der Waals surface area contributed by atoms with Gasteiger partial charge < -0.3 is 9.42 Å². The first-order valence-electron chi connectivity index (χ1n) is 7.64. The highest BCUT2D eigenvalue weighted by Gasteiger charge is 2.27. The number of aryl methyl sites for hydroxylation is 1. The average molecular weight is 315 g/mol. The minimum Gasteiger partial charge on any atom is -0.339 e. The van der Waals surface area contributed by atoms with Gasteiger partial charge in [0.1, 0.15) is 5.82 Å². The number of benzene rings is 1. The van der Waals surface area contributed by atoms with Crippen molar-refractivity contribution in [2.45, 2.75) is 25.7 Å². The van der Waals surface area contributed by atoms with Gasteiger partial charge in [-0.3, -0.25) is 4.79 Å². The molecule has 5 nitrogen and oxygen atoms in total. The highest BCUT2D eigenvalue weighted by molar-refractivity contribution is 5.91. The summed E-state index contributed by atoms with van der Waals surface area (Å²) in [5, 5.41) is 3.81. The van der Waals surface area contributed by atoms with E-state index >= 15 is 0 Å². The van der Waals surface area contributed by atoms with Crippen LogP contribution in [-0.4, -0.2) is 34.0 Å². The predicted molar refractivity (Wildman–Crippen MR) is 83.0 cm³/mol. The van der Waals surface area contributed by atoms with Gasteiger partial charge in [0.05, 0.1) is 5.92 Å². The van der Waals surface area contributed by atoms with E-state index in [1.165, 1.54) is 18.2 Å². The first-order valence-corrected chi connectivity index (χ1v) is 7.64. The lowest BCUT2D eigenvalue weighted by Gasteiger charge is -2.30. The monoisotopic (exact) mass is 315 g/mol. The molecule has 1 aromatic heterocycles. The van der Waals surface area contributed by atoms with Crippen LogP contribution < -0.4 is 0 Å². The van der Waals surface area contributed by atoms with Crippen molar-refractivity contribution in [2.75, 3.05) is 13.1 Å². The summed E-state index contributed by atoms with van der Waals surface area (Å²) in [4.78, 5) is 18.4. The van der Waals surface area contributed by atoms with E-state index in [1.54, 1.807) is 30.0 Å². The Bertz CT molecular complexity index is 709. The zero-order valence-electron chi connectivity index (χ0n) is 12.9. The quantitative estimate of drug-likeness (QED) is 0.817. The van der Waals surface area contributed by atoms with Gasteiger partial charge in [-0.25, -0.2) is 4.39 Å². The normalized spacial score (nSPS) is 18.5. The van der Waals surface area contributed by atoms with E-state index in [1.807, 2.05) is 0 Å². The Balaban J connectivity index is 1.63. The van der Waals surface area contributed by atoms with Crippen molar-refractivity contribution in [3.63, 3.8) is 0 Å². The van der Waals surface area contributed by atoms with Crippen LogP contribution >= 0.6 is 0 Å². The molecule has 6 heteroatoms. The molecule has 0 saturated carbocycles. The zero-order valence-corrected chi connectivity index (χ0v) is 12.9. The van der Waals surface area contributed by atoms with Gasteiger partial charge in [-0.05, 0) is 43.5 Å². The molecule has 0 aliphatic carbocycles. The van der Waals surface area contributed by atoms with Crippen molar-refractivity contribution in [1.29, 1.82) is 0 Å². The molecule has 0 bridgehead atoms. The summed E-state index contributed by atoms with van der Waals surface area (Å²) in [6.07, 6.45) is 5.06. The number of halogens is 1. The molecule has 1 atom stereocenters. The van der Waals surface area contributed by atoms with Gasteiger partial charge in [-0.2, -0.15) is 4.98 Å². The molecule has 2 aromatic rings. The van der Waals surface area contributed by atoms with Crippen LogP contribution in [0.3, 0.4) is 0 Å². The maximum atomic E-state index is 12.9. The molecular weight excluding hydrogens is 297 g/mol. The fourth-order valence-electron chi connectivity index (χ4n) is 2.70. The fourth-order valence-corrected chi connectivity index (χ4v) is 2.70. The van der Waals surface area contributed by atoms with Gasteiger partial charge in [0, 0.05) is 19.2 Å². The van der Waals surface area contributed by atoms with E-state index in [2.05, 4.69) is 10.1 Å². The van der Waals surface area contributed by atoms with Crippen LogP contribution in [0, 0.1) is 12.7 Å². The molecule has 1 fully saturated rings. The zero-order chi connectivity index (χ0) is 16.2. The second kappa shape index (κ2) is 6.73. The number of rotatable bonds is 3. The summed E-state index contributed by atoms with van der Waals surface area (Å²) in [7, 11) is 0. The maximum absolute atomic E-state index is 12.9. The van der Waals surface area contributed by atoms with Gasteiger partial charge in [0.25, 0.3) is 0 Å². The van der Waals surface area contributed by atoms with Crippen LogP contribution in [0.4, 0.5) is 4.39 Å². The van der Waals surface area contributed by atoms with Crippen molar-refractivity contribution >= 4 is 12.0 Å². The number of likely N-dealkylation sites (tertiary alicyclic amines) is 1. The highest BCUT2D eigenvalue weighted by Crippen LogP contribution is 2.25. The Morgan fingerprint density at radius 2 is 2.17 bits per heavy atom. The van der Waals surface area contributed by atoms with Crippen LogP contribution in [0.25, 0.3) is 6.08 Å². The van der Waals surface area contributed by atoms with E-state index < -0.39 is 0 Å². The number of aromatic nitrogens is 2. The first-order chi connectivity index (χ1) is 11.1. The molecule has 1 aliphatic rings. The lowest BCUT2D eigenvalue weighted by atomic mass is 9.98. The van der Waals surface area contributed by atoms with Crippen LogP contribution in [0.2, 0.25) is 0 Å². The number of carbonyl (C=O) groups is 1. The number of piperidine rings is 1. The van der Waals surface area contributed by atoms with E-state index in [-0.39, 0.29) is 17.6 Å². The third kappa shape index (κ3) is 3.83. The van der Waals surface area contributed by atoms with Crippen LogP contribution in [0.5, 0.6) is 0 Å². The summed E-state index contributed by atoms with van der Waals surface area (Å²) in [6.45, 7) is 3.08. The summed E-state index contributed by atoms with van der Waals surface area (Å²) in [5.74, 6) is 0.952. The Morgan fingerprint density at radius 1 is 1.39 bits per heavy atom. The molecule has 1 aliphatic heterocycles. The van der Waals surface area contributed by atoms with Crippen molar-refractivity contribution in [3.8, 4) is 0 Å². The molecule has 120 valence electrons. The molecule has 2 heterocycles. The highest BCUT2D eigenvalue weighted by atomic mass is 19.1. The lowest BCUT2D eigenvalue weighted by Crippen LogP contribution is -2.38. The van der Waals surface area contributed by atoms with E-state index in [9.17, 15) is 9.18 Å². The lowest BCUT2D eigenvalue weighted by molar-refractivity contribution is -0.127. The minimum atomic E-state index is -0.290. The SMILES string of the molecule is Cc1noc(C2CCCN(C(=O)/C=C/c3ccc(F)cc3)C2)n1. The molecule has 0 spiro atoms. The second-order valence-corrected chi connectivity index (χ2v) is 5.69. The summed E-state index contributed by atoms with van der Waals surface area (Å²) in [5.41, 5.74) is 0.792. The van der Waals surface area contributed by atoms with E-state index in [0.717, 1.165) is 24.9 Å². The van der Waals surface area contributed by atoms with E-state index in [0.29, 0.717) is 18.3 Å². The summed E-state index contributed by atoms with van der Waals surface area (Å²) >= 11 is 0. The van der Waals surface area contributed by atoms with Crippen molar-refractivity contribution < 1.29 is 13.7 Å². The summed E-state index contributed by atoms with van der Waals surface area (Å²) < 4.78 is 18.1. The number of hydrogen-bond acceptors (Lipinski definition) is 4. The molecule has 0 N–H and O–H groups in total. The first kappa shape index (κ1) is 15.4. The molecule has 1 aromatic carbocycles. The largest absolute Gasteiger partial charge is 0.339 e. The van der Waals surface area contributed by atoms with Crippen molar-refractivity contribution in [1.82, 2.24) is 15.0 Å². The summed E-state index contributed by atoms with van der Waals surface area (Å²) in [6, 6.07) is 6.02. The van der Waals surface area contributed by atoms with Crippen LogP contribution in [-0.2, 0) is 4.79 Å². The van der Waals surface area contributed by atoms with Gasteiger partial charge in [0.15, 0.2) is 5.82 Å². The maximum Gasteiger partial charge on any atom is 0.246 e. The van der Waals surface area contributed by atoms with Crippen molar-refractivity contribution in [2.24, 2.45) is 0 Å². The Morgan fingerprint density at radius 3 is 2.87 bits per heavy atom. The second-order valence-electron chi connectivity index (χ2n) is 5.69. The molecular formula is C17H18FN3O2. The fraction of sp³-hybridized carbons (Fsp3) is 0.353.